The molecule has 0 amide bonds. The van der Waals surface area contributed by atoms with Crippen molar-refractivity contribution in [3.8, 4) is 11.5 Å². The molecule has 0 aliphatic rings. The molecular weight excluding hydrogens is 248 g/mol. The van der Waals surface area contributed by atoms with Crippen molar-refractivity contribution in [3.05, 3.63) is 24.3 Å². The molecule has 0 aliphatic heterocycles. The van der Waals surface area contributed by atoms with Crippen molar-refractivity contribution in [2.24, 2.45) is 0 Å². The first-order valence-corrected chi connectivity index (χ1v) is 6.48. The topological polar surface area (TPSA) is 68.2 Å². The summed E-state index contributed by atoms with van der Waals surface area (Å²) in [5.74, 6) is 1.37. The number of hydrogen-bond acceptors (Lipinski definition) is 5. The third-order valence-corrected chi connectivity index (χ3v) is 2.32. The molecule has 0 bridgehead atoms. The molecule has 1 aromatic rings. The second-order valence-corrected chi connectivity index (χ2v) is 4.08. The van der Waals surface area contributed by atoms with E-state index in [9.17, 15) is 0 Å². The lowest BCUT2D eigenvalue weighted by Gasteiger charge is -2.11. The minimum atomic E-state index is -0.855. The monoisotopic (exact) mass is 270 g/mol. The van der Waals surface area contributed by atoms with E-state index in [2.05, 4.69) is 6.92 Å². The van der Waals surface area contributed by atoms with Crippen LogP contribution in [0.3, 0.4) is 0 Å². The lowest BCUT2D eigenvalue weighted by Crippen LogP contribution is -2.21. The first-order chi connectivity index (χ1) is 9.26. The van der Waals surface area contributed by atoms with Crippen LogP contribution in [0.15, 0.2) is 24.3 Å². The third-order valence-electron chi connectivity index (χ3n) is 2.32. The molecule has 0 saturated heterocycles. The van der Waals surface area contributed by atoms with Crippen molar-refractivity contribution in [1.82, 2.24) is 0 Å². The summed E-state index contributed by atoms with van der Waals surface area (Å²) in [6.07, 6.45) is 0.151. The maximum atomic E-state index is 9.15. The third kappa shape index (κ3) is 7.00. The first kappa shape index (κ1) is 15.8. The Bertz CT molecular complexity index is 325. The molecule has 1 atom stereocenters. The Hall–Kier alpha value is -1.30. The highest BCUT2D eigenvalue weighted by Crippen LogP contribution is 2.17. The van der Waals surface area contributed by atoms with Crippen LogP contribution in [-0.2, 0) is 4.74 Å². The van der Waals surface area contributed by atoms with Gasteiger partial charge in [-0.25, -0.2) is 0 Å². The van der Waals surface area contributed by atoms with Crippen LogP contribution in [0.25, 0.3) is 0 Å². The SMILES string of the molecule is CCCOCCOc1ccc(OCC(O)CO)cc1. The molecule has 0 fully saturated rings. The molecule has 2 N–H and O–H groups in total. The van der Waals surface area contributed by atoms with Gasteiger partial charge in [0.1, 0.15) is 30.8 Å². The van der Waals surface area contributed by atoms with Crippen LogP contribution < -0.4 is 9.47 Å². The molecule has 0 radical (unpaired) electrons. The zero-order valence-electron chi connectivity index (χ0n) is 11.2. The summed E-state index contributed by atoms with van der Waals surface area (Å²) in [6.45, 7) is 3.68. The average molecular weight is 270 g/mol. The highest BCUT2D eigenvalue weighted by Gasteiger charge is 2.03. The Kier molecular flexibility index (Phi) is 7.97. The van der Waals surface area contributed by atoms with Gasteiger partial charge < -0.3 is 24.4 Å². The number of aliphatic hydroxyl groups excluding tert-OH is 2. The molecule has 0 aliphatic carbocycles. The molecule has 1 aromatic carbocycles. The van der Waals surface area contributed by atoms with Crippen molar-refractivity contribution < 1.29 is 24.4 Å². The molecular formula is C14H22O5. The normalized spacial score (nSPS) is 12.2. The van der Waals surface area contributed by atoms with Gasteiger partial charge in [-0.15, -0.1) is 0 Å². The van der Waals surface area contributed by atoms with Gasteiger partial charge in [-0.3, -0.25) is 0 Å². The van der Waals surface area contributed by atoms with E-state index in [1.54, 1.807) is 24.3 Å². The lowest BCUT2D eigenvalue weighted by atomic mass is 10.3. The predicted octanol–water partition coefficient (Wildman–Crippen LogP) is 1.22. The highest BCUT2D eigenvalue weighted by molar-refractivity contribution is 5.31. The standard InChI is InChI=1S/C14H22O5/c1-2-7-17-8-9-18-13-3-5-14(6-4-13)19-11-12(16)10-15/h3-6,12,15-16H,2,7-11H2,1H3. The summed E-state index contributed by atoms with van der Waals surface area (Å²) < 4.78 is 16.1. The van der Waals surface area contributed by atoms with Crippen LogP contribution in [-0.4, -0.2) is 49.4 Å². The van der Waals surface area contributed by atoms with Crippen LogP contribution in [0, 0.1) is 0 Å². The molecule has 0 saturated carbocycles. The second kappa shape index (κ2) is 9.61. The van der Waals surface area contributed by atoms with Crippen molar-refractivity contribution in [2.45, 2.75) is 19.4 Å². The predicted molar refractivity (Wildman–Crippen MR) is 71.6 cm³/mol. The van der Waals surface area contributed by atoms with Crippen molar-refractivity contribution in [1.29, 1.82) is 0 Å². The van der Waals surface area contributed by atoms with Crippen LogP contribution >= 0.6 is 0 Å². The Morgan fingerprint density at radius 2 is 1.63 bits per heavy atom. The van der Waals surface area contributed by atoms with Crippen LogP contribution in [0.2, 0.25) is 0 Å². The summed E-state index contributed by atoms with van der Waals surface area (Å²) in [5.41, 5.74) is 0. The lowest BCUT2D eigenvalue weighted by molar-refractivity contribution is 0.0536. The summed E-state index contributed by atoms with van der Waals surface area (Å²) in [7, 11) is 0. The number of benzene rings is 1. The van der Waals surface area contributed by atoms with E-state index in [0.717, 1.165) is 18.8 Å². The fourth-order valence-corrected chi connectivity index (χ4v) is 1.34. The van der Waals surface area contributed by atoms with E-state index in [0.29, 0.717) is 19.0 Å². The van der Waals surface area contributed by atoms with Crippen LogP contribution in [0.1, 0.15) is 13.3 Å². The van der Waals surface area contributed by atoms with E-state index < -0.39 is 6.10 Å². The number of rotatable bonds is 10. The first-order valence-electron chi connectivity index (χ1n) is 6.48. The van der Waals surface area contributed by atoms with E-state index in [1.165, 1.54) is 0 Å². The Labute approximate surface area is 113 Å². The Morgan fingerprint density at radius 3 is 2.21 bits per heavy atom. The fraction of sp³-hybridized carbons (Fsp3) is 0.571. The molecule has 0 spiro atoms. The maximum Gasteiger partial charge on any atom is 0.119 e. The Morgan fingerprint density at radius 1 is 1.00 bits per heavy atom. The zero-order chi connectivity index (χ0) is 13.9. The van der Waals surface area contributed by atoms with Gasteiger partial charge in [-0.2, -0.15) is 0 Å². The van der Waals surface area contributed by atoms with Crippen LogP contribution in [0.4, 0.5) is 0 Å². The summed E-state index contributed by atoms with van der Waals surface area (Å²) in [4.78, 5) is 0. The number of aliphatic hydroxyl groups is 2. The van der Waals surface area contributed by atoms with E-state index >= 15 is 0 Å². The molecule has 1 unspecified atom stereocenters. The molecule has 0 heterocycles. The van der Waals surface area contributed by atoms with Crippen LogP contribution in [0.5, 0.6) is 11.5 Å². The molecule has 5 nitrogen and oxygen atoms in total. The van der Waals surface area contributed by atoms with Gasteiger partial charge in [0.05, 0.1) is 13.2 Å². The summed E-state index contributed by atoms with van der Waals surface area (Å²) in [6, 6.07) is 7.10. The number of ether oxygens (including phenoxy) is 3. The second-order valence-electron chi connectivity index (χ2n) is 4.08. The zero-order valence-corrected chi connectivity index (χ0v) is 11.2. The molecule has 0 aromatic heterocycles. The highest BCUT2D eigenvalue weighted by atomic mass is 16.5. The van der Waals surface area contributed by atoms with Gasteiger partial charge in [0.2, 0.25) is 0 Å². The quantitative estimate of drug-likeness (QED) is 0.626. The summed E-state index contributed by atoms with van der Waals surface area (Å²) in [5, 5.41) is 17.8. The smallest absolute Gasteiger partial charge is 0.119 e. The van der Waals surface area contributed by atoms with E-state index in [-0.39, 0.29) is 13.2 Å². The maximum absolute atomic E-state index is 9.15. The number of hydrogen-bond donors (Lipinski definition) is 2. The van der Waals surface area contributed by atoms with Gasteiger partial charge >= 0.3 is 0 Å². The van der Waals surface area contributed by atoms with Crippen molar-refractivity contribution >= 4 is 0 Å². The van der Waals surface area contributed by atoms with Crippen molar-refractivity contribution in [2.75, 3.05) is 33.0 Å². The molecule has 19 heavy (non-hydrogen) atoms. The largest absolute Gasteiger partial charge is 0.491 e. The minimum absolute atomic E-state index is 0.0710. The summed E-state index contributed by atoms with van der Waals surface area (Å²) >= 11 is 0. The van der Waals surface area contributed by atoms with Gasteiger partial charge in [0.15, 0.2) is 0 Å². The fourth-order valence-electron chi connectivity index (χ4n) is 1.34. The van der Waals surface area contributed by atoms with E-state index in [4.69, 9.17) is 24.4 Å². The molecule has 108 valence electrons. The van der Waals surface area contributed by atoms with Gasteiger partial charge in [-0.1, -0.05) is 6.92 Å². The van der Waals surface area contributed by atoms with Gasteiger partial charge in [0.25, 0.3) is 0 Å². The van der Waals surface area contributed by atoms with E-state index in [1.807, 2.05) is 0 Å². The molecule has 5 heteroatoms. The van der Waals surface area contributed by atoms with Crippen molar-refractivity contribution in [3.63, 3.8) is 0 Å². The van der Waals surface area contributed by atoms with Gasteiger partial charge in [-0.05, 0) is 30.7 Å². The average Bonchev–Trinajstić information content (AvgIpc) is 2.45. The Balaban J connectivity index is 2.23. The molecule has 1 rings (SSSR count). The minimum Gasteiger partial charge on any atom is -0.491 e. The van der Waals surface area contributed by atoms with Gasteiger partial charge in [0, 0.05) is 6.61 Å².